The molecule has 0 aliphatic heterocycles. The number of benzene rings is 1. The Kier molecular flexibility index (Phi) is 4.27. The third-order valence-electron chi connectivity index (χ3n) is 2.67. The van der Waals surface area contributed by atoms with E-state index in [0.29, 0.717) is 18.1 Å². The summed E-state index contributed by atoms with van der Waals surface area (Å²) in [5.41, 5.74) is -0.460. The molecule has 0 saturated heterocycles. The molecule has 1 heterocycles. The first kappa shape index (κ1) is 14.6. The first-order valence-electron chi connectivity index (χ1n) is 6.21. The third kappa shape index (κ3) is 3.22. The number of aromatic nitrogens is 2. The van der Waals surface area contributed by atoms with Crippen LogP contribution in [0.2, 0.25) is 0 Å². The highest BCUT2D eigenvalue weighted by Crippen LogP contribution is 2.33. The van der Waals surface area contributed by atoms with Gasteiger partial charge in [-0.25, -0.2) is 9.37 Å². The van der Waals surface area contributed by atoms with Gasteiger partial charge in [0.1, 0.15) is 11.6 Å². The quantitative estimate of drug-likeness (QED) is 0.673. The molecule has 2 rings (SSSR count). The van der Waals surface area contributed by atoms with Gasteiger partial charge in [-0.2, -0.15) is 4.98 Å². The molecule has 0 bridgehead atoms. The van der Waals surface area contributed by atoms with Gasteiger partial charge in [0.15, 0.2) is 5.82 Å². The van der Waals surface area contributed by atoms with Crippen LogP contribution in [0.1, 0.15) is 12.7 Å². The molecule has 0 radical (unpaired) electrons. The van der Waals surface area contributed by atoms with E-state index in [2.05, 4.69) is 15.3 Å². The van der Waals surface area contributed by atoms with Crippen LogP contribution in [0.25, 0.3) is 0 Å². The molecular formula is C13H13FN4O3. The molecule has 1 N–H and O–H groups in total. The van der Waals surface area contributed by atoms with Gasteiger partial charge in [-0.1, -0.05) is 13.0 Å². The molecule has 0 fully saturated rings. The summed E-state index contributed by atoms with van der Waals surface area (Å²) in [6.07, 6.45) is 0.547. The van der Waals surface area contributed by atoms with Crippen molar-refractivity contribution < 1.29 is 14.1 Å². The zero-order valence-corrected chi connectivity index (χ0v) is 11.5. The Balaban J connectivity index is 2.45. The van der Waals surface area contributed by atoms with Gasteiger partial charge in [-0.05, 0) is 6.07 Å². The van der Waals surface area contributed by atoms with Crippen molar-refractivity contribution in [3.8, 4) is 11.6 Å². The Bertz CT molecular complexity index is 656. The molecule has 0 saturated carbocycles. The number of hydrogen-bond donors (Lipinski definition) is 1. The maximum atomic E-state index is 13.8. The summed E-state index contributed by atoms with van der Waals surface area (Å²) in [4.78, 5) is 18.5. The van der Waals surface area contributed by atoms with Gasteiger partial charge in [0.25, 0.3) is 0 Å². The van der Waals surface area contributed by atoms with Crippen LogP contribution in [0.4, 0.5) is 15.9 Å². The summed E-state index contributed by atoms with van der Waals surface area (Å²) in [7, 11) is 1.66. The van der Waals surface area contributed by atoms with Gasteiger partial charge in [-0.3, -0.25) is 10.1 Å². The summed E-state index contributed by atoms with van der Waals surface area (Å²) in [6.45, 7) is 1.85. The molecule has 7 nitrogen and oxygen atoms in total. The molecule has 0 amide bonds. The normalized spacial score (nSPS) is 10.2. The zero-order chi connectivity index (χ0) is 15.4. The fraction of sp³-hybridized carbons (Fsp3) is 0.231. The number of para-hydroxylation sites is 1. The van der Waals surface area contributed by atoms with Crippen molar-refractivity contribution in [3.05, 3.63) is 46.0 Å². The van der Waals surface area contributed by atoms with E-state index in [4.69, 9.17) is 4.74 Å². The molecular weight excluding hydrogens is 279 g/mol. The largest absolute Gasteiger partial charge is 0.428 e. The summed E-state index contributed by atoms with van der Waals surface area (Å²) >= 11 is 0. The number of hydrogen-bond acceptors (Lipinski definition) is 6. The van der Waals surface area contributed by atoms with Crippen LogP contribution in [0.15, 0.2) is 24.3 Å². The van der Waals surface area contributed by atoms with Gasteiger partial charge >= 0.3 is 5.69 Å². The SMILES string of the molecule is CCc1nc(NC)cc(Oc2c(F)cccc2[N+](=O)[O-])n1. The maximum Gasteiger partial charge on any atom is 0.314 e. The van der Waals surface area contributed by atoms with Crippen molar-refractivity contribution in [2.24, 2.45) is 0 Å². The van der Waals surface area contributed by atoms with Crippen LogP contribution in [0, 0.1) is 15.9 Å². The maximum absolute atomic E-state index is 13.8. The summed E-state index contributed by atoms with van der Waals surface area (Å²) < 4.78 is 19.1. The van der Waals surface area contributed by atoms with Gasteiger partial charge in [0.05, 0.1) is 4.92 Å². The second kappa shape index (κ2) is 6.12. The number of nitro benzene ring substituents is 1. The highest BCUT2D eigenvalue weighted by Gasteiger charge is 2.21. The number of rotatable bonds is 5. The Morgan fingerprint density at radius 2 is 2.19 bits per heavy atom. The van der Waals surface area contributed by atoms with Crippen molar-refractivity contribution in [3.63, 3.8) is 0 Å². The third-order valence-corrected chi connectivity index (χ3v) is 2.67. The lowest BCUT2D eigenvalue weighted by molar-refractivity contribution is -0.385. The summed E-state index contributed by atoms with van der Waals surface area (Å²) in [5.74, 6) is -0.289. The van der Waals surface area contributed by atoms with E-state index in [9.17, 15) is 14.5 Å². The molecule has 1 aromatic carbocycles. The van der Waals surface area contributed by atoms with Crippen LogP contribution in [0.5, 0.6) is 11.6 Å². The Morgan fingerprint density at radius 3 is 2.81 bits per heavy atom. The van der Waals surface area contributed by atoms with Crippen molar-refractivity contribution in [1.29, 1.82) is 0 Å². The number of halogens is 1. The molecule has 0 unspecified atom stereocenters. The molecule has 21 heavy (non-hydrogen) atoms. The van der Waals surface area contributed by atoms with Crippen LogP contribution in [-0.2, 0) is 6.42 Å². The Labute approximate surface area is 120 Å². The monoisotopic (exact) mass is 292 g/mol. The van der Waals surface area contributed by atoms with E-state index in [1.165, 1.54) is 18.2 Å². The Hall–Kier alpha value is -2.77. The number of nitrogens with zero attached hydrogens (tertiary/aromatic N) is 3. The van der Waals surface area contributed by atoms with E-state index in [0.717, 1.165) is 6.07 Å². The van der Waals surface area contributed by atoms with Crippen LogP contribution < -0.4 is 10.1 Å². The molecule has 8 heteroatoms. The smallest absolute Gasteiger partial charge is 0.314 e. The average Bonchev–Trinajstić information content (AvgIpc) is 2.48. The van der Waals surface area contributed by atoms with Crippen molar-refractivity contribution >= 4 is 11.5 Å². The first-order chi connectivity index (χ1) is 10.0. The second-order valence-electron chi connectivity index (χ2n) is 4.06. The molecule has 110 valence electrons. The van der Waals surface area contributed by atoms with Gasteiger partial charge in [0.2, 0.25) is 11.6 Å². The summed E-state index contributed by atoms with van der Waals surface area (Å²) in [6, 6.07) is 4.94. The number of aryl methyl sites for hydroxylation is 1. The van der Waals surface area contributed by atoms with Crippen LogP contribution in [-0.4, -0.2) is 21.9 Å². The lowest BCUT2D eigenvalue weighted by Crippen LogP contribution is -2.02. The van der Waals surface area contributed by atoms with Gasteiger partial charge in [0, 0.05) is 25.6 Å². The molecule has 0 atom stereocenters. The standard InChI is InChI=1S/C13H13FN4O3/c1-3-10-16-11(15-2)7-12(17-10)21-13-8(14)5-4-6-9(13)18(19)20/h4-7H,3H2,1-2H3,(H,15,16,17). The number of ether oxygens (including phenoxy) is 1. The van der Waals surface area contributed by atoms with Crippen LogP contribution in [0.3, 0.4) is 0 Å². The van der Waals surface area contributed by atoms with E-state index < -0.39 is 22.2 Å². The lowest BCUT2D eigenvalue weighted by Gasteiger charge is -2.09. The minimum absolute atomic E-state index is 0.0411. The van der Waals surface area contributed by atoms with E-state index in [1.54, 1.807) is 7.05 Å². The average molecular weight is 292 g/mol. The predicted molar refractivity (Wildman–Crippen MR) is 74.1 cm³/mol. The zero-order valence-electron chi connectivity index (χ0n) is 11.5. The molecule has 1 aromatic heterocycles. The predicted octanol–water partition coefficient (Wildman–Crippen LogP) is 2.92. The van der Waals surface area contributed by atoms with Crippen LogP contribution >= 0.6 is 0 Å². The molecule has 2 aromatic rings. The minimum Gasteiger partial charge on any atom is -0.428 e. The van der Waals surface area contributed by atoms with E-state index in [-0.39, 0.29) is 5.88 Å². The lowest BCUT2D eigenvalue weighted by atomic mass is 10.3. The highest BCUT2D eigenvalue weighted by atomic mass is 19.1. The van der Waals surface area contributed by atoms with E-state index in [1.807, 2.05) is 6.92 Å². The fourth-order valence-electron chi connectivity index (χ4n) is 1.66. The summed E-state index contributed by atoms with van der Waals surface area (Å²) in [5, 5.41) is 13.7. The fourth-order valence-corrected chi connectivity index (χ4v) is 1.66. The molecule has 0 aliphatic carbocycles. The highest BCUT2D eigenvalue weighted by molar-refractivity contribution is 5.49. The van der Waals surface area contributed by atoms with Crippen molar-refractivity contribution in [2.75, 3.05) is 12.4 Å². The van der Waals surface area contributed by atoms with Gasteiger partial charge < -0.3 is 10.1 Å². The second-order valence-corrected chi connectivity index (χ2v) is 4.06. The van der Waals surface area contributed by atoms with Crippen molar-refractivity contribution in [2.45, 2.75) is 13.3 Å². The Morgan fingerprint density at radius 1 is 1.43 bits per heavy atom. The van der Waals surface area contributed by atoms with Crippen molar-refractivity contribution in [1.82, 2.24) is 9.97 Å². The number of anilines is 1. The number of nitrogens with one attached hydrogen (secondary N) is 1. The number of nitro groups is 1. The first-order valence-corrected chi connectivity index (χ1v) is 6.21. The molecule has 0 aliphatic rings. The topological polar surface area (TPSA) is 90.2 Å². The minimum atomic E-state index is -0.827. The van der Waals surface area contributed by atoms with E-state index >= 15 is 0 Å². The molecule has 0 spiro atoms. The van der Waals surface area contributed by atoms with Gasteiger partial charge in [-0.15, -0.1) is 0 Å².